The van der Waals surface area contributed by atoms with Gasteiger partial charge in [-0.25, -0.2) is 19.9 Å². The lowest BCUT2D eigenvalue weighted by atomic mass is 10.2. The molecule has 0 aliphatic rings. The highest BCUT2D eigenvalue weighted by molar-refractivity contribution is 5.56. The van der Waals surface area contributed by atoms with Gasteiger partial charge in [0.1, 0.15) is 5.82 Å². The number of aromatic nitrogens is 4. The summed E-state index contributed by atoms with van der Waals surface area (Å²) < 4.78 is 12.9. The van der Waals surface area contributed by atoms with Crippen molar-refractivity contribution in [3.05, 3.63) is 66.6 Å². The molecule has 0 radical (unpaired) electrons. The number of anilines is 1. The number of hydrogen-bond acceptors (Lipinski definition) is 5. The summed E-state index contributed by atoms with van der Waals surface area (Å²) in [5, 5.41) is 3.09. The molecule has 104 valence electrons. The van der Waals surface area contributed by atoms with Crippen LogP contribution in [0.4, 0.5) is 10.2 Å². The van der Waals surface area contributed by atoms with Crippen molar-refractivity contribution in [3.63, 3.8) is 0 Å². The van der Waals surface area contributed by atoms with Gasteiger partial charge in [-0.05, 0) is 12.1 Å². The second-order valence-corrected chi connectivity index (χ2v) is 4.30. The van der Waals surface area contributed by atoms with Gasteiger partial charge in [-0.2, -0.15) is 4.39 Å². The van der Waals surface area contributed by atoms with Crippen LogP contribution in [-0.4, -0.2) is 19.9 Å². The van der Waals surface area contributed by atoms with E-state index in [2.05, 4.69) is 25.3 Å². The molecule has 2 aromatic heterocycles. The second-order valence-electron chi connectivity index (χ2n) is 4.30. The maximum atomic E-state index is 12.9. The van der Waals surface area contributed by atoms with E-state index in [0.29, 0.717) is 23.9 Å². The summed E-state index contributed by atoms with van der Waals surface area (Å²) in [6.07, 6.45) is 2.33. The first kappa shape index (κ1) is 13.1. The van der Waals surface area contributed by atoms with Gasteiger partial charge in [0.15, 0.2) is 5.82 Å². The first-order chi connectivity index (χ1) is 10.3. The Bertz CT molecular complexity index is 733. The van der Waals surface area contributed by atoms with Gasteiger partial charge in [0.05, 0.1) is 12.2 Å². The second kappa shape index (κ2) is 6.04. The molecule has 0 saturated heterocycles. The van der Waals surface area contributed by atoms with Crippen molar-refractivity contribution in [1.82, 2.24) is 19.9 Å². The zero-order chi connectivity index (χ0) is 14.5. The van der Waals surface area contributed by atoms with Crippen LogP contribution in [0.5, 0.6) is 0 Å². The highest BCUT2D eigenvalue weighted by Crippen LogP contribution is 2.15. The number of halogens is 1. The van der Waals surface area contributed by atoms with Crippen LogP contribution < -0.4 is 5.32 Å². The van der Waals surface area contributed by atoms with E-state index in [1.54, 1.807) is 18.3 Å². The molecule has 1 aromatic carbocycles. The van der Waals surface area contributed by atoms with Gasteiger partial charge in [0.2, 0.25) is 0 Å². The molecule has 21 heavy (non-hydrogen) atoms. The number of rotatable bonds is 4. The lowest BCUT2D eigenvalue weighted by Gasteiger charge is -2.06. The molecule has 0 aliphatic heterocycles. The lowest BCUT2D eigenvalue weighted by Crippen LogP contribution is -2.05. The van der Waals surface area contributed by atoms with E-state index in [1.807, 2.05) is 30.3 Å². The number of hydrogen-bond donors (Lipinski definition) is 1. The predicted octanol–water partition coefficient (Wildman–Crippen LogP) is 2.68. The molecule has 0 aliphatic carbocycles. The van der Waals surface area contributed by atoms with Gasteiger partial charge >= 0.3 is 6.08 Å². The highest BCUT2D eigenvalue weighted by Gasteiger charge is 2.03. The number of nitrogens with zero attached hydrogens (tertiary/aromatic N) is 4. The van der Waals surface area contributed by atoms with Gasteiger partial charge in [-0.1, -0.05) is 30.3 Å². The summed E-state index contributed by atoms with van der Waals surface area (Å²) in [6.45, 7) is 0.366. The molecule has 0 fully saturated rings. The Balaban J connectivity index is 1.75. The Kier molecular flexibility index (Phi) is 3.77. The average Bonchev–Trinajstić information content (AvgIpc) is 2.54. The van der Waals surface area contributed by atoms with Crippen molar-refractivity contribution >= 4 is 5.82 Å². The summed E-state index contributed by atoms with van der Waals surface area (Å²) >= 11 is 0. The molecule has 3 aromatic rings. The van der Waals surface area contributed by atoms with Crippen LogP contribution in [0.15, 0.2) is 54.9 Å². The van der Waals surface area contributed by atoms with Crippen molar-refractivity contribution in [2.45, 2.75) is 6.54 Å². The third-order valence-electron chi connectivity index (χ3n) is 2.82. The molecule has 3 rings (SSSR count). The predicted molar refractivity (Wildman–Crippen MR) is 76.8 cm³/mol. The van der Waals surface area contributed by atoms with Crippen LogP contribution in [-0.2, 0) is 6.54 Å². The standard InChI is InChI=1S/C15H12FN5/c16-15-18-8-6-12(20-15)10-19-13-7-9-17-14(21-13)11-4-2-1-3-5-11/h1-9H,10H2,(H,17,19,21). The Morgan fingerprint density at radius 2 is 1.71 bits per heavy atom. The molecule has 0 spiro atoms. The van der Waals surface area contributed by atoms with Crippen molar-refractivity contribution in [1.29, 1.82) is 0 Å². The van der Waals surface area contributed by atoms with E-state index in [1.165, 1.54) is 6.20 Å². The molecule has 0 saturated carbocycles. The molecule has 0 amide bonds. The Labute approximate surface area is 121 Å². The summed E-state index contributed by atoms with van der Waals surface area (Å²) in [5.74, 6) is 1.29. The molecular formula is C15H12FN5. The van der Waals surface area contributed by atoms with E-state index in [4.69, 9.17) is 0 Å². The first-order valence-electron chi connectivity index (χ1n) is 6.41. The van der Waals surface area contributed by atoms with E-state index in [9.17, 15) is 4.39 Å². The molecule has 5 nitrogen and oxygen atoms in total. The first-order valence-corrected chi connectivity index (χ1v) is 6.41. The van der Waals surface area contributed by atoms with Crippen molar-refractivity contribution < 1.29 is 4.39 Å². The Hall–Kier alpha value is -2.89. The van der Waals surface area contributed by atoms with Crippen LogP contribution >= 0.6 is 0 Å². The number of benzene rings is 1. The molecule has 6 heteroatoms. The highest BCUT2D eigenvalue weighted by atomic mass is 19.1. The molecule has 0 atom stereocenters. The van der Waals surface area contributed by atoms with Crippen LogP contribution in [0.25, 0.3) is 11.4 Å². The Morgan fingerprint density at radius 3 is 2.52 bits per heavy atom. The fourth-order valence-electron chi connectivity index (χ4n) is 1.83. The van der Waals surface area contributed by atoms with Crippen molar-refractivity contribution in [3.8, 4) is 11.4 Å². The van der Waals surface area contributed by atoms with Gasteiger partial charge in [-0.15, -0.1) is 0 Å². The monoisotopic (exact) mass is 281 g/mol. The zero-order valence-electron chi connectivity index (χ0n) is 11.1. The Morgan fingerprint density at radius 1 is 0.905 bits per heavy atom. The van der Waals surface area contributed by atoms with Crippen LogP contribution in [0, 0.1) is 6.08 Å². The number of nitrogens with one attached hydrogen (secondary N) is 1. The largest absolute Gasteiger partial charge is 0.364 e. The molecular weight excluding hydrogens is 269 g/mol. The van der Waals surface area contributed by atoms with E-state index in [-0.39, 0.29) is 0 Å². The fourth-order valence-corrected chi connectivity index (χ4v) is 1.83. The molecule has 2 heterocycles. The van der Waals surface area contributed by atoms with Gasteiger partial charge in [0, 0.05) is 18.0 Å². The maximum Gasteiger partial charge on any atom is 0.308 e. The van der Waals surface area contributed by atoms with Crippen molar-refractivity contribution in [2.24, 2.45) is 0 Å². The van der Waals surface area contributed by atoms with E-state index in [0.717, 1.165) is 5.56 Å². The minimum atomic E-state index is -0.734. The third kappa shape index (κ3) is 3.36. The molecule has 1 N–H and O–H groups in total. The third-order valence-corrected chi connectivity index (χ3v) is 2.82. The van der Waals surface area contributed by atoms with Gasteiger partial charge < -0.3 is 5.32 Å². The van der Waals surface area contributed by atoms with Crippen LogP contribution in [0.3, 0.4) is 0 Å². The minimum absolute atomic E-state index is 0.366. The summed E-state index contributed by atoms with van der Waals surface area (Å²) in [4.78, 5) is 15.8. The normalized spacial score (nSPS) is 10.3. The molecule has 0 bridgehead atoms. The molecule has 0 unspecified atom stereocenters. The minimum Gasteiger partial charge on any atom is -0.364 e. The summed E-state index contributed by atoms with van der Waals surface area (Å²) in [6, 6.07) is 13.1. The van der Waals surface area contributed by atoms with Crippen molar-refractivity contribution in [2.75, 3.05) is 5.32 Å². The average molecular weight is 281 g/mol. The summed E-state index contributed by atoms with van der Waals surface area (Å²) in [5.41, 5.74) is 1.50. The van der Waals surface area contributed by atoms with E-state index < -0.39 is 6.08 Å². The SMILES string of the molecule is Fc1nccc(CNc2ccnc(-c3ccccc3)n2)n1. The quantitative estimate of drug-likeness (QED) is 0.745. The van der Waals surface area contributed by atoms with Gasteiger partial charge in [0.25, 0.3) is 0 Å². The van der Waals surface area contributed by atoms with Gasteiger partial charge in [-0.3, -0.25) is 0 Å². The smallest absolute Gasteiger partial charge is 0.308 e. The summed E-state index contributed by atoms with van der Waals surface area (Å²) in [7, 11) is 0. The fraction of sp³-hybridized carbons (Fsp3) is 0.0667. The van der Waals surface area contributed by atoms with Crippen LogP contribution in [0.1, 0.15) is 5.69 Å². The maximum absolute atomic E-state index is 12.9. The topological polar surface area (TPSA) is 63.6 Å². The zero-order valence-corrected chi connectivity index (χ0v) is 11.1. The lowest BCUT2D eigenvalue weighted by molar-refractivity contribution is 0.533. The van der Waals surface area contributed by atoms with E-state index >= 15 is 0 Å². The van der Waals surface area contributed by atoms with Crippen LogP contribution in [0.2, 0.25) is 0 Å².